The van der Waals surface area contributed by atoms with Crippen molar-refractivity contribution in [2.45, 2.75) is 56.6 Å². The fraction of sp³-hybridized carbons (Fsp3) is 0.438. The van der Waals surface area contributed by atoms with Gasteiger partial charge in [0.25, 0.3) is 11.8 Å². The summed E-state index contributed by atoms with van der Waals surface area (Å²) < 4.78 is 38.5. The minimum absolute atomic E-state index is 0.00301. The summed E-state index contributed by atoms with van der Waals surface area (Å²) in [6.07, 6.45) is -0.917. The highest BCUT2D eigenvalue weighted by atomic mass is 19.4. The van der Waals surface area contributed by atoms with E-state index in [2.05, 4.69) is 38.4 Å². The Kier molecular flexibility index (Phi) is 8.55. The lowest BCUT2D eigenvalue weighted by molar-refractivity contribution is -0.137. The van der Waals surface area contributed by atoms with Crippen LogP contribution in [0.3, 0.4) is 0 Å². The Morgan fingerprint density at radius 3 is 2.27 bits per heavy atom. The van der Waals surface area contributed by atoms with E-state index in [4.69, 9.17) is 0 Å². The van der Waals surface area contributed by atoms with Gasteiger partial charge >= 0.3 is 6.18 Å². The Morgan fingerprint density at radius 2 is 1.57 bits per heavy atom. The van der Waals surface area contributed by atoms with Gasteiger partial charge in [-0.05, 0) is 61.1 Å². The molecule has 44 heavy (non-hydrogen) atoms. The van der Waals surface area contributed by atoms with Crippen LogP contribution in [-0.2, 0) is 19.1 Å². The SMILES string of the molecule is O=C(c1ccc(C(F)(F)F)cc1)N1CCC(Nc2cc(C(=O)N3CC[C@@H](N4CCc5ccccc5C4)[C@H](O)C3)ncn2)CC1. The minimum atomic E-state index is -4.45. The van der Waals surface area contributed by atoms with Crippen LogP contribution in [0.2, 0.25) is 0 Å². The van der Waals surface area contributed by atoms with Gasteiger partial charge in [-0.25, -0.2) is 9.97 Å². The van der Waals surface area contributed by atoms with E-state index in [1.807, 2.05) is 6.07 Å². The van der Waals surface area contributed by atoms with E-state index in [-0.39, 0.29) is 41.7 Å². The molecule has 0 aliphatic carbocycles. The van der Waals surface area contributed by atoms with Crippen molar-refractivity contribution in [1.82, 2.24) is 24.7 Å². The number of likely N-dealkylation sites (tertiary alicyclic amines) is 2. The van der Waals surface area contributed by atoms with Crippen molar-refractivity contribution < 1.29 is 27.9 Å². The molecule has 6 rings (SSSR count). The predicted molar refractivity (Wildman–Crippen MR) is 157 cm³/mol. The van der Waals surface area contributed by atoms with Gasteiger partial charge in [-0.15, -0.1) is 0 Å². The molecular formula is C32H35F3N6O3. The first-order chi connectivity index (χ1) is 21.2. The summed E-state index contributed by atoms with van der Waals surface area (Å²) in [6.45, 7) is 3.31. The molecule has 3 aliphatic rings. The number of carbonyl (C=O) groups excluding carboxylic acids is 2. The first kappa shape index (κ1) is 30.0. The van der Waals surface area contributed by atoms with Gasteiger partial charge in [-0.3, -0.25) is 14.5 Å². The molecule has 3 aromatic rings. The number of carbonyl (C=O) groups is 2. The first-order valence-electron chi connectivity index (χ1n) is 15.0. The number of β-amino-alcohol motifs (C(OH)–C–C–N with tert-alkyl or cyclic N) is 1. The van der Waals surface area contributed by atoms with Gasteiger partial charge in [-0.1, -0.05) is 24.3 Å². The molecule has 2 saturated heterocycles. The molecule has 2 amide bonds. The third-order valence-electron chi connectivity index (χ3n) is 8.94. The van der Waals surface area contributed by atoms with Crippen LogP contribution in [0.4, 0.5) is 19.0 Å². The highest BCUT2D eigenvalue weighted by molar-refractivity contribution is 5.94. The molecule has 0 radical (unpaired) electrons. The molecule has 0 bridgehead atoms. The summed E-state index contributed by atoms with van der Waals surface area (Å²) in [7, 11) is 0. The van der Waals surface area contributed by atoms with Crippen LogP contribution in [0.25, 0.3) is 0 Å². The number of fused-ring (bicyclic) bond motifs is 1. The van der Waals surface area contributed by atoms with Crippen molar-refractivity contribution in [2.75, 3.05) is 38.0 Å². The number of nitrogens with zero attached hydrogens (tertiary/aromatic N) is 5. The highest BCUT2D eigenvalue weighted by Crippen LogP contribution is 2.30. The molecule has 2 aromatic carbocycles. The lowest BCUT2D eigenvalue weighted by Crippen LogP contribution is -2.56. The predicted octanol–water partition coefficient (Wildman–Crippen LogP) is 3.85. The van der Waals surface area contributed by atoms with Crippen LogP contribution in [0.1, 0.15) is 56.8 Å². The molecule has 0 spiro atoms. The maximum atomic E-state index is 13.3. The van der Waals surface area contributed by atoms with E-state index in [0.717, 1.165) is 31.6 Å². The van der Waals surface area contributed by atoms with Crippen molar-refractivity contribution in [3.05, 3.63) is 88.9 Å². The summed E-state index contributed by atoms with van der Waals surface area (Å²) in [6, 6.07) is 14.3. The Labute approximate surface area is 253 Å². The average molecular weight is 609 g/mol. The van der Waals surface area contributed by atoms with Gasteiger partial charge < -0.3 is 20.2 Å². The van der Waals surface area contributed by atoms with Gasteiger partial charge in [0, 0.05) is 63.0 Å². The Morgan fingerprint density at radius 1 is 0.864 bits per heavy atom. The number of hydrogen-bond acceptors (Lipinski definition) is 7. The Bertz CT molecular complexity index is 1490. The van der Waals surface area contributed by atoms with E-state index in [9.17, 15) is 27.9 Å². The van der Waals surface area contributed by atoms with Crippen molar-refractivity contribution in [1.29, 1.82) is 0 Å². The average Bonchev–Trinajstić information content (AvgIpc) is 3.04. The van der Waals surface area contributed by atoms with Gasteiger partial charge in [0.15, 0.2) is 0 Å². The topological polar surface area (TPSA) is 102 Å². The molecule has 232 valence electrons. The Hall–Kier alpha value is -4.03. The first-order valence-corrected chi connectivity index (χ1v) is 15.0. The fourth-order valence-electron chi connectivity index (χ4n) is 6.47. The van der Waals surface area contributed by atoms with Crippen LogP contribution in [0.5, 0.6) is 0 Å². The molecular weight excluding hydrogens is 573 g/mol. The highest BCUT2D eigenvalue weighted by Gasteiger charge is 2.36. The van der Waals surface area contributed by atoms with Crippen molar-refractivity contribution in [2.24, 2.45) is 0 Å². The normalized spacial score (nSPS) is 21.5. The number of halogens is 3. The number of piperidine rings is 2. The number of aromatic nitrogens is 2. The fourth-order valence-corrected chi connectivity index (χ4v) is 6.47. The van der Waals surface area contributed by atoms with Gasteiger partial charge in [-0.2, -0.15) is 13.2 Å². The minimum Gasteiger partial charge on any atom is -0.390 e. The number of anilines is 1. The number of amides is 2. The van der Waals surface area contributed by atoms with Crippen LogP contribution in [0, 0.1) is 0 Å². The van der Waals surface area contributed by atoms with Crippen LogP contribution >= 0.6 is 0 Å². The molecule has 9 nitrogen and oxygen atoms in total. The molecule has 0 unspecified atom stereocenters. The smallest absolute Gasteiger partial charge is 0.390 e. The number of rotatable bonds is 5. The number of aliphatic hydroxyl groups excluding tert-OH is 1. The van der Waals surface area contributed by atoms with Crippen molar-refractivity contribution in [3.63, 3.8) is 0 Å². The Balaban J connectivity index is 1.00. The standard InChI is InChI=1S/C32H35F3N6O3/c33-32(34,35)24-7-5-22(6-8-24)30(43)39-14-10-25(11-15-39)38-29-17-26(36-20-37-29)31(44)41-16-12-27(28(42)19-41)40-13-9-21-3-1-2-4-23(21)18-40/h1-8,17,20,25,27-28,42H,9-16,18-19H2,(H,36,37,38)/t27-,28-/m1/s1. The maximum absolute atomic E-state index is 13.3. The number of hydrogen-bond donors (Lipinski definition) is 2. The zero-order chi connectivity index (χ0) is 30.8. The second-order valence-electron chi connectivity index (χ2n) is 11.7. The summed E-state index contributed by atoms with van der Waals surface area (Å²) in [5, 5.41) is 14.4. The second-order valence-corrected chi connectivity index (χ2v) is 11.7. The number of nitrogens with one attached hydrogen (secondary N) is 1. The van der Waals surface area contributed by atoms with E-state index in [1.54, 1.807) is 15.9 Å². The quantitative estimate of drug-likeness (QED) is 0.454. The largest absolute Gasteiger partial charge is 0.416 e. The number of benzene rings is 2. The summed E-state index contributed by atoms with van der Waals surface area (Å²) >= 11 is 0. The lowest BCUT2D eigenvalue weighted by atomic mass is 9.94. The second kappa shape index (κ2) is 12.5. The zero-order valence-corrected chi connectivity index (χ0v) is 24.2. The molecule has 0 saturated carbocycles. The van der Waals surface area contributed by atoms with E-state index >= 15 is 0 Å². The summed E-state index contributed by atoms with van der Waals surface area (Å²) in [4.78, 5) is 40.2. The third kappa shape index (κ3) is 6.56. The third-order valence-corrected chi connectivity index (χ3v) is 8.94. The van der Waals surface area contributed by atoms with E-state index < -0.39 is 17.8 Å². The van der Waals surface area contributed by atoms with E-state index in [1.165, 1.54) is 29.6 Å². The van der Waals surface area contributed by atoms with Crippen molar-refractivity contribution in [3.8, 4) is 0 Å². The van der Waals surface area contributed by atoms with E-state index in [0.29, 0.717) is 44.7 Å². The number of alkyl halides is 3. The van der Waals surface area contributed by atoms with Gasteiger partial charge in [0.1, 0.15) is 17.8 Å². The van der Waals surface area contributed by atoms with Crippen LogP contribution in [-0.4, -0.2) is 92.5 Å². The molecule has 2 atom stereocenters. The maximum Gasteiger partial charge on any atom is 0.416 e. The molecule has 3 aliphatic heterocycles. The van der Waals surface area contributed by atoms with Crippen molar-refractivity contribution >= 4 is 17.6 Å². The van der Waals surface area contributed by atoms with Gasteiger partial charge in [0.2, 0.25) is 0 Å². The van der Waals surface area contributed by atoms with Crippen LogP contribution < -0.4 is 5.32 Å². The zero-order valence-electron chi connectivity index (χ0n) is 24.2. The molecule has 12 heteroatoms. The van der Waals surface area contributed by atoms with Crippen LogP contribution in [0.15, 0.2) is 60.9 Å². The molecule has 2 fully saturated rings. The monoisotopic (exact) mass is 608 g/mol. The molecule has 4 heterocycles. The summed E-state index contributed by atoms with van der Waals surface area (Å²) in [5.41, 5.74) is 2.33. The summed E-state index contributed by atoms with van der Waals surface area (Å²) in [5.74, 6) is -0.0599. The molecule has 1 aromatic heterocycles. The van der Waals surface area contributed by atoms with Gasteiger partial charge in [0.05, 0.1) is 11.7 Å². The molecule has 2 N–H and O–H groups in total. The number of aliphatic hydroxyl groups is 1. The lowest BCUT2D eigenvalue weighted by Gasteiger charge is -2.43.